The second-order valence-corrected chi connectivity index (χ2v) is 6.72. The summed E-state index contributed by atoms with van der Waals surface area (Å²) < 4.78 is 7.46. The van der Waals surface area contributed by atoms with E-state index in [2.05, 4.69) is 49.3 Å². The molecule has 1 aromatic carbocycles. The zero-order chi connectivity index (χ0) is 18.2. The first-order valence-corrected chi connectivity index (χ1v) is 9.03. The molecule has 0 atom stereocenters. The number of nitrogens with one attached hydrogen (secondary N) is 1. The number of H-pyrrole nitrogens is 1. The monoisotopic (exact) mass is 360 g/mol. The van der Waals surface area contributed by atoms with Crippen molar-refractivity contribution in [1.82, 2.24) is 24.7 Å². The largest absolute Gasteiger partial charge is 0.378 e. The second kappa shape index (κ2) is 6.51. The maximum absolute atomic E-state index is 5.45. The number of imidazole rings is 1. The summed E-state index contributed by atoms with van der Waals surface area (Å²) in [4.78, 5) is 11.0. The second-order valence-electron chi connectivity index (χ2n) is 6.72. The van der Waals surface area contributed by atoms with Gasteiger partial charge in [0.25, 0.3) is 0 Å². The molecule has 0 amide bonds. The lowest BCUT2D eigenvalue weighted by atomic mass is 10.0. The highest BCUT2D eigenvalue weighted by molar-refractivity contribution is 5.95. The molecule has 0 bridgehead atoms. The fraction of sp³-hybridized carbons (Fsp3) is 0.250. The van der Waals surface area contributed by atoms with Crippen molar-refractivity contribution in [3.63, 3.8) is 0 Å². The lowest BCUT2D eigenvalue weighted by Crippen LogP contribution is -2.36. The molecule has 1 aliphatic rings. The van der Waals surface area contributed by atoms with Crippen LogP contribution in [0.25, 0.3) is 33.4 Å². The summed E-state index contributed by atoms with van der Waals surface area (Å²) in [5.74, 6) is 0.967. The minimum absolute atomic E-state index is 0.741. The minimum Gasteiger partial charge on any atom is -0.378 e. The number of fused-ring (bicyclic) bond motifs is 1. The Kier molecular flexibility index (Phi) is 3.86. The molecule has 1 fully saturated rings. The van der Waals surface area contributed by atoms with E-state index in [4.69, 9.17) is 4.74 Å². The van der Waals surface area contributed by atoms with E-state index in [0.717, 1.165) is 65.5 Å². The lowest BCUT2D eigenvalue weighted by Gasteiger charge is -2.27. The van der Waals surface area contributed by atoms with E-state index in [1.54, 1.807) is 0 Å². The van der Waals surface area contributed by atoms with Gasteiger partial charge < -0.3 is 14.2 Å². The van der Waals surface area contributed by atoms with Crippen molar-refractivity contribution in [3.05, 3.63) is 49.1 Å². The number of pyridine rings is 1. The third kappa shape index (κ3) is 2.86. The Hall–Kier alpha value is -3.19. The molecule has 0 unspecified atom stereocenters. The summed E-state index contributed by atoms with van der Waals surface area (Å²) >= 11 is 0. The first-order chi connectivity index (χ1) is 13.3. The van der Waals surface area contributed by atoms with Crippen molar-refractivity contribution in [3.8, 4) is 22.5 Å². The van der Waals surface area contributed by atoms with Crippen LogP contribution in [0.4, 0.5) is 5.82 Å². The molecule has 1 saturated heterocycles. The number of aryl methyl sites for hydroxylation is 1. The summed E-state index contributed by atoms with van der Waals surface area (Å²) in [6.07, 6.45) is 5.54. The Morgan fingerprint density at radius 2 is 1.96 bits per heavy atom. The van der Waals surface area contributed by atoms with Gasteiger partial charge in [-0.15, -0.1) is 0 Å². The molecule has 1 aliphatic heterocycles. The van der Waals surface area contributed by atoms with E-state index >= 15 is 0 Å². The topological polar surface area (TPSA) is 71.9 Å². The van der Waals surface area contributed by atoms with Crippen LogP contribution in [-0.4, -0.2) is 51.0 Å². The van der Waals surface area contributed by atoms with E-state index in [1.807, 2.05) is 36.4 Å². The minimum atomic E-state index is 0.741. The molecular weight excluding hydrogens is 340 g/mol. The Balaban J connectivity index is 1.58. The molecule has 4 heterocycles. The number of morpholine rings is 1. The highest BCUT2D eigenvalue weighted by Crippen LogP contribution is 2.31. The number of aromatic amines is 1. The van der Waals surface area contributed by atoms with Crippen molar-refractivity contribution in [2.24, 2.45) is 7.05 Å². The fourth-order valence-corrected chi connectivity index (χ4v) is 3.56. The molecule has 7 nitrogen and oxygen atoms in total. The fourth-order valence-electron chi connectivity index (χ4n) is 3.56. The number of aromatic nitrogens is 5. The number of hydrogen-bond donors (Lipinski definition) is 1. The normalized spacial score (nSPS) is 14.8. The van der Waals surface area contributed by atoms with Crippen LogP contribution in [0.3, 0.4) is 0 Å². The van der Waals surface area contributed by atoms with E-state index < -0.39 is 0 Å². The predicted molar refractivity (Wildman–Crippen MR) is 105 cm³/mol. The van der Waals surface area contributed by atoms with Crippen molar-refractivity contribution >= 4 is 16.7 Å². The van der Waals surface area contributed by atoms with Crippen LogP contribution < -0.4 is 4.90 Å². The van der Waals surface area contributed by atoms with E-state index in [9.17, 15) is 0 Å². The molecule has 27 heavy (non-hydrogen) atoms. The van der Waals surface area contributed by atoms with Crippen LogP contribution in [-0.2, 0) is 11.8 Å². The van der Waals surface area contributed by atoms with Crippen molar-refractivity contribution in [2.45, 2.75) is 0 Å². The van der Waals surface area contributed by atoms with Crippen molar-refractivity contribution in [2.75, 3.05) is 31.2 Å². The van der Waals surface area contributed by atoms with Crippen LogP contribution in [0.5, 0.6) is 0 Å². The Morgan fingerprint density at radius 3 is 2.78 bits per heavy atom. The highest BCUT2D eigenvalue weighted by atomic mass is 16.5. The Labute approximate surface area is 156 Å². The van der Waals surface area contributed by atoms with Gasteiger partial charge >= 0.3 is 0 Å². The predicted octanol–water partition coefficient (Wildman–Crippen LogP) is 2.86. The number of ether oxygens (including phenoxy) is 1. The molecule has 0 radical (unpaired) electrons. The average molecular weight is 360 g/mol. The number of nitrogens with zero attached hydrogens (tertiary/aromatic N) is 5. The van der Waals surface area contributed by atoms with E-state index in [-0.39, 0.29) is 0 Å². The molecule has 0 aliphatic carbocycles. The zero-order valence-corrected chi connectivity index (χ0v) is 15.1. The molecule has 4 aromatic rings. The van der Waals surface area contributed by atoms with Gasteiger partial charge in [0.15, 0.2) is 0 Å². The van der Waals surface area contributed by atoms with Gasteiger partial charge in [0.05, 0.1) is 36.9 Å². The highest BCUT2D eigenvalue weighted by Gasteiger charge is 2.15. The van der Waals surface area contributed by atoms with Crippen molar-refractivity contribution < 1.29 is 4.74 Å². The third-order valence-electron chi connectivity index (χ3n) is 5.03. The summed E-state index contributed by atoms with van der Waals surface area (Å²) in [5, 5.41) is 8.82. The van der Waals surface area contributed by atoms with Crippen LogP contribution in [0.1, 0.15) is 0 Å². The molecule has 0 saturated carbocycles. The third-order valence-corrected chi connectivity index (χ3v) is 5.03. The van der Waals surface area contributed by atoms with Crippen LogP contribution >= 0.6 is 0 Å². The van der Waals surface area contributed by atoms with Crippen LogP contribution in [0.15, 0.2) is 49.1 Å². The van der Waals surface area contributed by atoms with E-state index in [1.165, 1.54) is 0 Å². The molecule has 1 N–H and O–H groups in total. The number of anilines is 1. The van der Waals surface area contributed by atoms with Crippen LogP contribution in [0, 0.1) is 0 Å². The first kappa shape index (κ1) is 16.0. The lowest BCUT2D eigenvalue weighted by molar-refractivity contribution is 0.122. The summed E-state index contributed by atoms with van der Waals surface area (Å²) in [7, 11) is 2.00. The summed E-state index contributed by atoms with van der Waals surface area (Å²) in [5.41, 5.74) is 5.20. The van der Waals surface area contributed by atoms with Gasteiger partial charge in [0, 0.05) is 42.8 Å². The Morgan fingerprint density at radius 1 is 1.07 bits per heavy atom. The SMILES string of the molecule is Cn1cncc1-c1ccc2[nH]nc(-c3ccnc(N4CCOCC4)c3)c2c1. The number of hydrogen-bond acceptors (Lipinski definition) is 5. The van der Waals surface area contributed by atoms with Gasteiger partial charge in [-0.25, -0.2) is 9.97 Å². The molecular formula is C20H20N6O. The maximum Gasteiger partial charge on any atom is 0.129 e. The zero-order valence-electron chi connectivity index (χ0n) is 15.1. The quantitative estimate of drug-likeness (QED) is 0.608. The van der Waals surface area contributed by atoms with Gasteiger partial charge in [-0.2, -0.15) is 5.10 Å². The van der Waals surface area contributed by atoms with Gasteiger partial charge in [0.1, 0.15) is 11.5 Å². The molecule has 0 spiro atoms. The van der Waals surface area contributed by atoms with E-state index in [0.29, 0.717) is 0 Å². The first-order valence-electron chi connectivity index (χ1n) is 9.03. The maximum atomic E-state index is 5.45. The Bertz CT molecular complexity index is 1090. The molecule has 3 aromatic heterocycles. The van der Waals surface area contributed by atoms with Gasteiger partial charge in [-0.1, -0.05) is 6.07 Å². The average Bonchev–Trinajstić information content (AvgIpc) is 3.34. The van der Waals surface area contributed by atoms with Gasteiger partial charge in [-0.3, -0.25) is 5.10 Å². The van der Waals surface area contributed by atoms with Crippen LogP contribution in [0.2, 0.25) is 0 Å². The molecule has 5 rings (SSSR count). The standard InChI is InChI=1S/C20H20N6O/c1-25-13-21-12-18(25)14-2-3-17-16(10-14)20(24-23-17)15-4-5-22-19(11-15)26-6-8-27-9-7-26/h2-5,10-13H,6-9H2,1H3,(H,23,24). The summed E-state index contributed by atoms with van der Waals surface area (Å²) in [6, 6.07) is 10.4. The smallest absolute Gasteiger partial charge is 0.129 e. The molecule has 7 heteroatoms. The summed E-state index contributed by atoms with van der Waals surface area (Å²) in [6.45, 7) is 3.21. The molecule has 136 valence electrons. The number of benzene rings is 1. The number of rotatable bonds is 3. The van der Waals surface area contributed by atoms with Gasteiger partial charge in [-0.05, 0) is 24.3 Å². The van der Waals surface area contributed by atoms with Crippen molar-refractivity contribution in [1.29, 1.82) is 0 Å². The van der Waals surface area contributed by atoms with Gasteiger partial charge in [0.2, 0.25) is 0 Å².